The highest BCUT2D eigenvalue weighted by molar-refractivity contribution is 5.84. The zero-order valence-electron chi connectivity index (χ0n) is 32.4. The van der Waals surface area contributed by atoms with Gasteiger partial charge in [-0.25, -0.2) is 38.7 Å². The van der Waals surface area contributed by atoms with Crippen molar-refractivity contribution in [3.63, 3.8) is 0 Å². The number of halogens is 2. The number of benzene rings is 2. The number of fused-ring (bicyclic) bond motifs is 4. The largest absolute Gasteiger partial charge is 0.362 e. The van der Waals surface area contributed by atoms with Crippen molar-refractivity contribution >= 4 is 55.8 Å². The van der Waals surface area contributed by atoms with Crippen molar-refractivity contribution in [3.05, 3.63) is 108 Å². The summed E-state index contributed by atoms with van der Waals surface area (Å²) in [4.78, 5) is 41.2. The van der Waals surface area contributed by atoms with Gasteiger partial charge in [0.05, 0.1) is 35.8 Å². The highest BCUT2D eigenvalue weighted by Gasteiger charge is 2.20. The summed E-state index contributed by atoms with van der Waals surface area (Å²) in [6.07, 6.45) is 10.0. The molecule has 0 aliphatic rings. The zero-order chi connectivity index (χ0) is 39.3. The van der Waals surface area contributed by atoms with Crippen LogP contribution < -0.4 is 10.6 Å². The fourth-order valence-electron chi connectivity index (χ4n) is 6.73. The molecule has 4 N–H and O–H groups in total. The number of pyridine rings is 2. The van der Waals surface area contributed by atoms with Crippen molar-refractivity contribution in [2.75, 3.05) is 10.6 Å². The van der Waals surface area contributed by atoms with Crippen LogP contribution >= 0.6 is 0 Å². The lowest BCUT2D eigenvalue weighted by Gasteiger charge is -2.20. The molecule has 0 radical (unpaired) electrons. The van der Waals surface area contributed by atoms with E-state index in [0.717, 1.165) is 70.0 Å². The normalized spacial score (nSPS) is 13.7. The molecule has 6 aromatic heterocycles. The van der Waals surface area contributed by atoms with E-state index in [1.807, 2.05) is 0 Å². The Bertz CT molecular complexity index is 2420. The molecule has 0 unspecified atom stereocenters. The van der Waals surface area contributed by atoms with E-state index < -0.39 is 0 Å². The Morgan fingerprint density at radius 3 is 1.41 bits per heavy atom. The summed E-state index contributed by atoms with van der Waals surface area (Å²) < 4.78 is 27.4. The van der Waals surface area contributed by atoms with Crippen LogP contribution in [0.2, 0.25) is 0 Å². The predicted octanol–water partition coefficient (Wildman–Crippen LogP) is 9.60. The van der Waals surface area contributed by atoms with Gasteiger partial charge in [-0.1, -0.05) is 40.5 Å². The third-order valence-corrected chi connectivity index (χ3v) is 10.3. The molecule has 0 amide bonds. The van der Waals surface area contributed by atoms with Crippen LogP contribution in [0.4, 0.5) is 20.4 Å². The minimum Gasteiger partial charge on any atom is -0.362 e. The number of aromatic amines is 2. The maximum Gasteiger partial charge on any atom is 0.182 e. The molecule has 0 bridgehead atoms. The zero-order valence-corrected chi connectivity index (χ0v) is 32.4. The Morgan fingerprint density at radius 2 is 1.00 bits per heavy atom. The van der Waals surface area contributed by atoms with Crippen LogP contribution in [-0.4, -0.2) is 49.8 Å². The predicted molar refractivity (Wildman–Crippen MR) is 217 cm³/mol. The van der Waals surface area contributed by atoms with Crippen LogP contribution in [0.1, 0.15) is 89.0 Å². The molecule has 0 saturated heterocycles. The number of nitrogens with zero attached hydrogens (tertiary/aromatic N) is 8. The first-order valence-electron chi connectivity index (χ1n) is 19.1. The van der Waals surface area contributed by atoms with Crippen LogP contribution in [0, 0.1) is 23.5 Å². The Morgan fingerprint density at radius 1 is 0.571 bits per heavy atom. The monoisotopic (exact) mass is 756 g/mol. The quantitative estimate of drug-likeness (QED) is 0.0946. The number of hydrogen-bond acceptors (Lipinski definition) is 10. The van der Waals surface area contributed by atoms with Gasteiger partial charge in [-0.15, -0.1) is 0 Å². The minimum atomic E-state index is -0.268. The summed E-state index contributed by atoms with van der Waals surface area (Å²) in [5.74, 6) is 1.84. The summed E-state index contributed by atoms with van der Waals surface area (Å²) in [5.41, 5.74) is 8.32. The molecule has 2 aromatic carbocycles. The van der Waals surface area contributed by atoms with Gasteiger partial charge in [0, 0.05) is 34.3 Å². The topological polar surface area (TPSA) is 159 Å². The van der Waals surface area contributed by atoms with Gasteiger partial charge in [0.2, 0.25) is 0 Å². The summed E-state index contributed by atoms with van der Waals surface area (Å²) in [6.45, 7) is 12.9. The van der Waals surface area contributed by atoms with Crippen LogP contribution in [0.5, 0.6) is 0 Å². The number of nitrogens with one attached hydrogen (secondary N) is 4. The molecule has 4 atom stereocenters. The van der Waals surface area contributed by atoms with Crippen molar-refractivity contribution < 1.29 is 8.78 Å². The van der Waals surface area contributed by atoms with Crippen molar-refractivity contribution in [1.82, 2.24) is 49.8 Å². The van der Waals surface area contributed by atoms with Crippen LogP contribution in [0.3, 0.4) is 0 Å². The molecule has 8 rings (SSSR count). The number of H-pyrrole nitrogens is 2. The highest BCUT2D eigenvalue weighted by Crippen LogP contribution is 2.30. The summed E-state index contributed by atoms with van der Waals surface area (Å²) >= 11 is 0. The van der Waals surface area contributed by atoms with E-state index in [-0.39, 0.29) is 23.7 Å². The molecule has 0 aliphatic carbocycles. The molecule has 8 aromatic rings. The lowest BCUT2D eigenvalue weighted by atomic mass is 9.95. The SMILES string of the molecule is CC[C@@H](C)Cc1nc2cc(F)ccc2cc1[C@H](C)Nc1ncnc2nc[nH]c12.CC[C@H](C)Cc1nc2cc(F)ccc2cc1[C@H](C)Nc1ncnc2nc[nH]c12. The maximum atomic E-state index is 13.7. The second-order valence-corrected chi connectivity index (χ2v) is 14.5. The number of hydrogen-bond donors (Lipinski definition) is 4. The Labute approximate surface area is 323 Å². The molecule has 288 valence electrons. The summed E-state index contributed by atoms with van der Waals surface area (Å²) in [6, 6.07) is 13.6. The first-order chi connectivity index (χ1) is 27.1. The maximum absolute atomic E-state index is 13.7. The van der Waals surface area contributed by atoms with Crippen LogP contribution in [0.15, 0.2) is 73.8 Å². The molecule has 0 saturated carbocycles. The average Bonchev–Trinajstić information content (AvgIpc) is 3.89. The fourth-order valence-corrected chi connectivity index (χ4v) is 6.73. The first kappa shape index (κ1) is 38.1. The van der Waals surface area contributed by atoms with Gasteiger partial charge in [0.15, 0.2) is 22.9 Å². The van der Waals surface area contributed by atoms with Crippen LogP contribution in [0.25, 0.3) is 44.1 Å². The van der Waals surface area contributed by atoms with E-state index in [9.17, 15) is 8.78 Å². The van der Waals surface area contributed by atoms with Crippen molar-refractivity contribution in [2.24, 2.45) is 11.8 Å². The number of aromatic nitrogens is 10. The lowest BCUT2D eigenvalue weighted by molar-refractivity contribution is 0.548. The number of imidazole rings is 2. The van der Waals surface area contributed by atoms with E-state index in [4.69, 9.17) is 9.97 Å². The fraction of sp³-hybridized carbons (Fsp3) is 0.333. The second-order valence-electron chi connectivity index (χ2n) is 14.5. The van der Waals surface area contributed by atoms with Crippen molar-refractivity contribution in [1.29, 1.82) is 0 Å². The molecule has 12 nitrogen and oxygen atoms in total. The highest BCUT2D eigenvalue weighted by atomic mass is 19.1. The third-order valence-electron chi connectivity index (χ3n) is 10.3. The molecule has 6 heterocycles. The van der Waals surface area contributed by atoms with Gasteiger partial charge in [0.1, 0.15) is 35.3 Å². The van der Waals surface area contributed by atoms with E-state index >= 15 is 0 Å². The molecular weight excluding hydrogens is 711 g/mol. The molecule has 56 heavy (non-hydrogen) atoms. The smallest absolute Gasteiger partial charge is 0.182 e. The second kappa shape index (κ2) is 16.7. The van der Waals surface area contributed by atoms with Crippen molar-refractivity contribution in [2.45, 2.75) is 79.3 Å². The average molecular weight is 757 g/mol. The molecule has 0 spiro atoms. The van der Waals surface area contributed by atoms with E-state index in [1.54, 1.807) is 24.8 Å². The van der Waals surface area contributed by atoms with Crippen LogP contribution in [-0.2, 0) is 12.8 Å². The summed E-state index contributed by atoms with van der Waals surface area (Å²) in [7, 11) is 0. The minimum absolute atomic E-state index is 0.0394. The van der Waals surface area contributed by atoms with Gasteiger partial charge in [0.25, 0.3) is 0 Å². The molecular formula is C42H46F2N12. The third kappa shape index (κ3) is 8.38. The standard InChI is InChI=1S/2C21H23FN6/c2*1-4-12(2)7-18-16(8-14-5-6-15(22)9-17(14)28-18)13(3)27-21-19-20(24-10-23-19)25-11-26-21/h2*5-6,8-13H,4,7H2,1-3H3,(H2,23,24,25,26,27)/t12-,13+;12-,13-/m10/s1. The molecule has 0 aliphatic heterocycles. The van der Waals surface area contributed by atoms with Gasteiger partial charge in [-0.2, -0.15) is 0 Å². The van der Waals surface area contributed by atoms with E-state index in [0.29, 0.717) is 45.8 Å². The molecule has 0 fully saturated rings. The van der Waals surface area contributed by atoms with Gasteiger partial charge < -0.3 is 20.6 Å². The van der Waals surface area contributed by atoms with Crippen molar-refractivity contribution in [3.8, 4) is 0 Å². The Balaban J connectivity index is 0.000000172. The Hall–Kier alpha value is -6.18. The van der Waals surface area contributed by atoms with E-state index in [1.165, 1.54) is 36.9 Å². The Kier molecular flexibility index (Phi) is 11.3. The lowest BCUT2D eigenvalue weighted by Crippen LogP contribution is -2.14. The van der Waals surface area contributed by atoms with Gasteiger partial charge in [-0.3, -0.25) is 9.97 Å². The first-order valence-corrected chi connectivity index (χ1v) is 19.1. The van der Waals surface area contributed by atoms with E-state index in [2.05, 4.69) is 104 Å². The molecule has 14 heteroatoms. The number of rotatable bonds is 12. The summed E-state index contributed by atoms with van der Waals surface area (Å²) in [5, 5.41) is 8.76. The van der Waals surface area contributed by atoms with Gasteiger partial charge in [-0.05, 0) is 86.1 Å². The van der Waals surface area contributed by atoms with Gasteiger partial charge >= 0.3 is 0 Å². The number of anilines is 2.